The van der Waals surface area contributed by atoms with Gasteiger partial charge in [-0.05, 0) is 84.5 Å². The van der Waals surface area contributed by atoms with Gasteiger partial charge in [0, 0.05) is 23.3 Å². The van der Waals surface area contributed by atoms with Crippen LogP contribution in [0.5, 0.6) is 0 Å². The van der Waals surface area contributed by atoms with Crippen molar-refractivity contribution in [1.29, 1.82) is 0 Å². The van der Waals surface area contributed by atoms with Gasteiger partial charge in [0.2, 0.25) is 17.7 Å². The van der Waals surface area contributed by atoms with Crippen molar-refractivity contribution in [3.8, 4) is 0 Å². The van der Waals surface area contributed by atoms with E-state index in [-0.39, 0.29) is 36.2 Å². The van der Waals surface area contributed by atoms with Crippen LogP contribution in [-0.4, -0.2) is 38.8 Å². The van der Waals surface area contributed by atoms with E-state index in [0.717, 1.165) is 49.6 Å². The number of thiophene rings is 1. The molecule has 2 aliphatic carbocycles. The molecule has 1 unspecified atom stereocenters. The highest BCUT2D eigenvalue weighted by molar-refractivity contribution is 7.08. The van der Waals surface area contributed by atoms with E-state index < -0.39 is 6.04 Å². The Bertz CT molecular complexity index is 1470. The van der Waals surface area contributed by atoms with Crippen LogP contribution in [0.3, 0.4) is 0 Å². The first-order valence-electron chi connectivity index (χ1n) is 13.4. The minimum atomic E-state index is -0.856. The summed E-state index contributed by atoms with van der Waals surface area (Å²) in [6.07, 6.45) is 5.89. The van der Waals surface area contributed by atoms with E-state index in [1.807, 2.05) is 41.1 Å². The summed E-state index contributed by atoms with van der Waals surface area (Å²) in [6.45, 7) is -0.0853. The fourth-order valence-electron chi connectivity index (χ4n) is 5.17. The van der Waals surface area contributed by atoms with Gasteiger partial charge in [0.05, 0.1) is 5.52 Å². The lowest BCUT2D eigenvalue weighted by Gasteiger charge is -2.32. The molecule has 2 heterocycles. The summed E-state index contributed by atoms with van der Waals surface area (Å²) in [6, 6.07) is 15.7. The molecule has 0 saturated heterocycles. The maximum absolute atomic E-state index is 14.1. The van der Waals surface area contributed by atoms with Crippen LogP contribution >= 0.6 is 11.3 Å². The van der Waals surface area contributed by atoms with Gasteiger partial charge in [-0.3, -0.25) is 19.3 Å². The first kappa shape index (κ1) is 25.2. The highest BCUT2D eigenvalue weighted by Crippen LogP contribution is 2.33. The summed E-state index contributed by atoms with van der Waals surface area (Å²) in [5.41, 5.74) is 3.41. The topological polar surface area (TPSA) is 109 Å². The van der Waals surface area contributed by atoms with Crippen molar-refractivity contribution < 1.29 is 14.4 Å². The van der Waals surface area contributed by atoms with Crippen molar-refractivity contribution in [1.82, 2.24) is 20.3 Å². The van der Waals surface area contributed by atoms with Crippen LogP contribution in [0.25, 0.3) is 11.0 Å². The maximum atomic E-state index is 14.1. The van der Waals surface area contributed by atoms with Crippen molar-refractivity contribution in [3.63, 3.8) is 0 Å². The van der Waals surface area contributed by atoms with Gasteiger partial charge in [0.1, 0.15) is 18.1 Å². The number of aromatic nitrogens is 3. The van der Waals surface area contributed by atoms with Crippen molar-refractivity contribution >= 4 is 51.5 Å². The molecule has 3 amide bonds. The lowest BCUT2D eigenvalue weighted by Crippen LogP contribution is -2.47. The molecule has 2 aromatic carbocycles. The lowest BCUT2D eigenvalue weighted by molar-refractivity contribution is -0.127. The Balaban J connectivity index is 1.34. The Morgan fingerprint density at radius 2 is 1.77 bits per heavy atom. The number of amides is 3. The normalized spacial score (nSPS) is 16.2. The molecule has 200 valence electrons. The van der Waals surface area contributed by atoms with E-state index >= 15 is 0 Å². The smallest absolute Gasteiger partial charge is 0.249 e. The van der Waals surface area contributed by atoms with Gasteiger partial charge in [-0.15, -0.1) is 5.10 Å². The predicted molar refractivity (Wildman–Crippen MR) is 150 cm³/mol. The molecule has 0 radical (unpaired) electrons. The molecule has 2 aliphatic rings. The van der Waals surface area contributed by atoms with E-state index in [2.05, 4.69) is 20.9 Å². The van der Waals surface area contributed by atoms with Gasteiger partial charge in [-0.25, -0.2) is 4.68 Å². The number of nitrogens with zero attached hydrogens (tertiary/aromatic N) is 4. The van der Waals surface area contributed by atoms with Crippen LogP contribution in [0, 0.1) is 5.92 Å². The molecule has 0 bridgehead atoms. The molecule has 2 aromatic heterocycles. The first-order chi connectivity index (χ1) is 19.1. The highest BCUT2D eigenvalue weighted by Gasteiger charge is 2.35. The van der Waals surface area contributed by atoms with Gasteiger partial charge in [-0.1, -0.05) is 30.2 Å². The molecule has 10 heteroatoms. The number of para-hydroxylation sites is 1. The van der Waals surface area contributed by atoms with E-state index in [4.69, 9.17) is 0 Å². The van der Waals surface area contributed by atoms with Gasteiger partial charge < -0.3 is 10.6 Å². The Labute approximate surface area is 230 Å². The quantitative estimate of drug-likeness (QED) is 0.319. The number of anilines is 2. The molecule has 2 N–H and O–H groups in total. The summed E-state index contributed by atoms with van der Waals surface area (Å²) in [5.74, 6) is -0.398. The monoisotopic (exact) mass is 542 g/mol. The minimum absolute atomic E-state index is 0.0147. The zero-order valence-corrected chi connectivity index (χ0v) is 22.3. The van der Waals surface area contributed by atoms with E-state index in [1.54, 1.807) is 33.8 Å². The largest absolute Gasteiger partial charge is 0.351 e. The minimum Gasteiger partial charge on any atom is -0.351 e. The molecule has 6 rings (SSSR count). The average Bonchev–Trinajstić information content (AvgIpc) is 3.28. The number of fused-ring (bicyclic) bond motifs is 1. The molecule has 0 aliphatic heterocycles. The zero-order chi connectivity index (χ0) is 26.8. The molecule has 1 atom stereocenters. The fraction of sp³-hybridized carbons (Fsp3) is 0.345. The molecule has 2 fully saturated rings. The van der Waals surface area contributed by atoms with Gasteiger partial charge in [0.25, 0.3) is 0 Å². The van der Waals surface area contributed by atoms with Crippen LogP contribution in [0.2, 0.25) is 0 Å². The second-order valence-corrected chi connectivity index (χ2v) is 11.0. The van der Waals surface area contributed by atoms with Crippen molar-refractivity contribution in [2.75, 3.05) is 10.2 Å². The van der Waals surface area contributed by atoms with Crippen LogP contribution in [0.4, 0.5) is 11.4 Å². The Morgan fingerprint density at radius 1 is 1.00 bits per heavy atom. The third-order valence-electron chi connectivity index (χ3n) is 7.40. The van der Waals surface area contributed by atoms with E-state index in [0.29, 0.717) is 16.9 Å². The van der Waals surface area contributed by atoms with Gasteiger partial charge in [-0.2, -0.15) is 11.3 Å². The Morgan fingerprint density at radius 3 is 2.49 bits per heavy atom. The fourth-order valence-corrected chi connectivity index (χ4v) is 5.85. The number of hydrogen-bond donors (Lipinski definition) is 2. The number of carbonyl (C=O) groups excluding carboxylic acids is 3. The van der Waals surface area contributed by atoms with E-state index in [1.165, 1.54) is 11.3 Å². The molecule has 4 aromatic rings. The SMILES string of the molecule is O=C(Nc1ccc(N(C(=O)Cn2nnc3ccccc32)C(C(=O)NC2CCCC2)c2ccsc2)cc1)C1CC1. The van der Waals surface area contributed by atoms with Crippen LogP contribution in [0.15, 0.2) is 65.4 Å². The predicted octanol–water partition coefficient (Wildman–Crippen LogP) is 4.67. The number of nitrogens with one attached hydrogen (secondary N) is 2. The van der Waals surface area contributed by atoms with Crippen LogP contribution < -0.4 is 15.5 Å². The van der Waals surface area contributed by atoms with Crippen molar-refractivity contribution in [2.45, 2.75) is 57.2 Å². The summed E-state index contributed by atoms with van der Waals surface area (Å²) >= 11 is 1.48. The molecule has 0 spiro atoms. The third-order valence-corrected chi connectivity index (χ3v) is 8.10. The maximum Gasteiger partial charge on any atom is 0.249 e. The number of carbonyl (C=O) groups is 3. The molecule has 2 saturated carbocycles. The van der Waals surface area contributed by atoms with Crippen LogP contribution in [0.1, 0.15) is 50.1 Å². The molecular weight excluding hydrogens is 512 g/mol. The summed E-state index contributed by atoms with van der Waals surface area (Å²) in [7, 11) is 0. The first-order valence-corrected chi connectivity index (χ1v) is 14.3. The van der Waals surface area contributed by atoms with Crippen molar-refractivity contribution in [3.05, 3.63) is 70.9 Å². The Kier molecular flexibility index (Phi) is 7.10. The number of hydrogen-bond acceptors (Lipinski definition) is 6. The molecular formula is C29H30N6O3S. The highest BCUT2D eigenvalue weighted by atomic mass is 32.1. The second kappa shape index (κ2) is 11.0. The van der Waals surface area contributed by atoms with Crippen molar-refractivity contribution in [2.24, 2.45) is 5.92 Å². The molecule has 9 nitrogen and oxygen atoms in total. The van der Waals surface area contributed by atoms with E-state index in [9.17, 15) is 14.4 Å². The van der Waals surface area contributed by atoms with Gasteiger partial charge in [0.15, 0.2) is 0 Å². The lowest BCUT2D eigenvalue weighted by atomic mass is 10.1. The summed E-state index contributed by atoms with van der Waals surface area (Å²) in [5, 5.41) is 18.4. The zero-order valence-electron chi connectivity index (χ0n) is 21.5. The third kappa shape index (κ3) is 5.56. The second-order valence-electron chi connectivity index (χ2n) is 10.3. The molecule has 39 heavy (non-hydrogen) atoms. The Hall–Kier alpha value is -4.05. The standard InChI is InChI=1S/C29H30N6O3S/c36-26(17-34-25-8-4-3-7-24(25)32-33-34)35(23-13-11-22(12-14-23)30-28(37)19-9-10-19)27(20-15-16-39-18-20)29(38)31-21-5-1-2-6-21/h3-4,7-8,11-16,18-19,21,27H,1-2,5-6,9-10,17H2,(H,30,37)(H,31,38). The summed E-state index contributed by atoms with van der Waals surface area (Å²) < 4.78 is 1.56. The number of rotatable bonds is 9. The average molecular weight is 543 g/mol. The van der Waals surface area contributed by atoms with Gasteiger partial charge >= 0.3 is 0 Å². The van der Waals surface area contributed by atoms with Crippen LogP contribution in [-0.2, 0) is 20.9 Å². The summed E-state index contributed by atoms with van der Waals surface area (Å²) in [4.78, 5) is 41.7. The number of benzene rings is 2.